The van der Waals surface area contributed by atoms with Gasteiger partial charge in [0.1, 0.15) is 0 Å². The summed E-state index contributed by atoms with van der Waals surface area (Å²) in [5, 5.41) is 0. The second-order valence-electron chi connectivity index (χ2n) is 5.48. The van der Waals surface area contributed by atoms with Crippen LogP contribution in [0, 0.1) is 23.7 Å². The van der Waals surface area contributed by atoms with E-state index in [1.807, 2.05) is 36.4 Å². The van der Waals surface area contributed by atoms with Crippen molar-refractivity contribution in [3.63, 3.8) is 0 Å². The third kappa shape index (κ3) is 4.93. The Morgan fingerprint density at radius 3 is 1.27 bits per heavy atom. The van der Waals surface area contributed by atoms with Gasteiger partial charge in [-0.1, -0.05) is 0 Å². The summed E-state index contributed by atoms with van der Waals surface area (Å²) in [6.07, 6.45) is 0. The Hall–Kier alpha value is -2.18. The maximum absolute atomic E-state index is 3.30. The number of benzene rings is 3. The average Bonchev–Trinajstić information content (AvgIpc) is 2.72. The second kappa shape index (κ2) is 9.50. The van der Waals surface area contributed by atoms with E-state index >= 15 is 0 Å². The summed E-state index contributed by atoms with van der Waals surface area (Å²) in [6.45, 7) is 0. The summed E-state index contributed by atoms with van der Waals surface area (Å²) in [7, 11) is 0. The van der Waals surface area contributed by atoms with E-state index in [0.717, 1.165) is 22.3 Å². The van der Waals surface area contributed by atoms with E-state index in [4.69, 9.17) is 0 Å². The zero-order chi connectivity index (χ0) is 18.2. The van der Waals surface area contributed by atoms with Crippen LogP contribution in [0.2, 0.25) is 11.6 Å². The quantitative estimate of drug-likeness (QED) is 0.404. The Kier molecular flexibility index (Phi) is 6.80. The van der Waals surface area contributed by atoms with Crippen molar-refractivity contribution in [2.75, 3.05) is 0 Å². The van der Waals surface area contributed by atoms with Gasteiger partial charge in [-0.05, 0) is 0 Å². The van der Waals surface area contributed by atoms with E-state index in [1.54, 1.807) is 0 Å². The van der Waals surface area contributed by atoms with Gasteiger partial charge in [0.15, 0.2) is 0 Å². The molecule has 0 aromatic heterocycles. The molecule has 0 saturated carbocycles. The van der Waals surface area contributed by atoms with E-state index in [1.165, 1.54) is 8.92 Å². The second-order valence-corrected chi connectivity index (χ2v) is 9.04. The molecule has 0 unspecified atom stereocenters. The molecule has 0 radical (unpaired) electrons. The molecule has 0 atom stereocenters. The van der Waals surface area contributed by atoms with E-state index in [2.05, 4.69) is 71.7 Å². The van der Waals surface area contributed by atoms with Gasteiger partial charge in [0, 0.05) is 0 Å². The van der Waals surface area contributed by atoms with Crippen molar-refractivity contribution in [1.29, 1.82) is 0 Å². The molecule has 0 spiro atoms. The topological polar surface area (TPSA) is 0 Å². The Balaban J connectivity index is 1.78. The fourth-order valence-electron chi connectivity index (χ4n) is 2.41. The minimum absolute atomic E-state index is 0.459. The molecule has 0 aliphatic heterocycles. The molecule has 0 heterocycles. The van der Waals surface area contributed by atoms with Crippen LogP contribution in [-0.4, -0.2) is 29.9 Å². The van der Waals surface area contributed by atoms with Crippen LogP contribution in [0.5, 0.6) is 0 Å². The minimum atomic E-state index is 0.459. The van der Waals surface area contributed by atoms with Crippen molar-refractivity contribution in [3.05, 3.63) is 95.1 Å². The van der Waals surface area contributed by atoms with Gasteiger partial charge >= 0.3 is 169 Å². The monoisotopic (exact) mass is 466 g/mol. The van der Waals surface area contributed by atoms with Crippen molar-refractivity contribution in [1.82, 2.24) is 0 Å². The summed E-state index contributed by atoms with van der Waals surface area (Å²) < 4.78 is 2.71. The standard InChI is InChI=1S/C24H18Se2/c1-25-23-9-5-3-7-21(23)17-15-19-11-13-20(14-12-19)16-18-22-8-4-6-10-24(22)26-2/h3-14H,1-2H3. The van der Waals surface area contributed by atoms with Gasteiger partial charge in [0.2, 0.25) is 0 Å². The molecule has 126 valence electrons. The molecule has 3 rings (SSSR count). The normalized spacial score (nSPS) is 9.62. The molecule has 0 amide bonds. The van der Waals surface area contributed by atoms with Crippen LogP contribution in [0.4, 0.5) is 0 Å². The van der Waals surface area contributed by atoms with Crippen LogP contribution in [0.3, 0.4) is 0 Å². The molecule has 0 bridgehead atoms. The maximum atomic E-state index is 3.30. The third-order valence-corrected chi connectivity index (χ3v) is 7.12. The van der Waals surface area contributed by atoms with Gasteiger partial charge in [-0.15, -0.1) is 0 Å². The zero-order valence-corrected chi connectivity index (χ0v) is 18.2. The van der Waals surface area contributed by atoms with Gasteiger partial charge in [0.05, 0.1) is 0 Å². The molecule has 2 heteroatoms. The Morgan fingerprint density at radius 1 is 0.500 bits per heavy atom. The molecule has 3 aromatic rings. The molecule has 26 heavy (non-hydrogen) atoms. The number of hydrogen-bond acceptors (Lipinski definition) is 0. The van der Waals surface area contributed by atoms with Crippen LogP contribution < -0.4 is 8.92 Å². The molecular formula is C24H18Se2. The molecule has 0 aliphatic rings. The third-order valence-electron chi connectivity index (χ3n) is 3.78. The first kappa shape index (κ1) is 18.6. The van der Waals surface area contributed by atoms with Crippen LogP contribution in [-0.2, 0) is 0 Å². The van der Waals surface area contributed by atoms with Crippen molar-refractivity contribution >= 4 is 38.8 Å². The molecule has 0 fully saturated rings. The van der Waals surface area contributed by atoms with Crippen LogP contribution in [0.1, 0.15) is 22.3 Å². The van der Waals surface area contributed by atoms with Gasteiger partial charge in [0.25, 0.3) is 0 Å². The molecule has 0 aliphatic carbocycles. The Morgan fingerprint density at radius 2 is 0.885 bits per heavy atom. The summed E-state index contributed by atoms with van der Waals surface area (Å²) in [5.41, 5.74) is 4.31. The fraction of sp³-hybridized carbons (Fsp3) is 0.0833. The van der Waals surface area contributed by atoms with Crippen molar-refractivity contribution < 1.29 is 0 Å². The van der Waals surface area contributed by atoms with Gasteiger partial charge in [-0.2, -0.15) is 0 Å². The first-order valence-electron chi connectivity index (χ1n) is 8.20. The average molecular weight is 464 g/mol. The Bertz CT molecular complexity index is 925. The molecule has 0 saturated heterocycles. The molecule has 0 nitrogen and oxygen atoms in total. The van der Waals surface area contributed by atoms with E-state index < -0.39 is 0 Å². The van der Waals surface area contributed by atoms with Crippen LogP contribution in [0.15, 0.2) is 72.8 Å². The SMILES string of the molecule is C[Se]c1ccccc1C#Cc1ccc(C#Cc2ccccc2[Se]C)cc1. The number of rotatable bonds is 2. The summed E-state index contributed by atoms with van der Waals surface area (Å²) >= 11 is 0.918. The van der Waals surface area contributed by atoms with Crippen LogP contribution in [0.25, 0.3) is 0 Å². The predicted octanol–water partition coefficient (Wildman–Crippen LogP) is 3.24. The van der Waals surface area contributed by atoms with Crippen molar-refractivity contribution in [3.8, 4) is 23.7 Å². The first-order valence-corrected chi connectivity index (χ1v) is 13.3. The van der Waals surface area contributed by atoms with E-state index in [-0.39, 0.29) is 0 Å². The molecule has 0 N–H and O–H groups in total. The number of hydrogen-bond donors (Lipinski definition) is 0. The zero-order valence-electron chi connectivity index (χ0n) is 14.7. The van der Waals surface area contributed by atoms with Crippen LogP contribution >= 0.6 is 0 Å². The Labute approximate surface area is 168 Å². The van der Waals surface area contributed by atoms with E-state index in [9.17, 15) is 0 Å². The van der Waals surface area contributed by atoms with Crippen molar-refractivity contribution in [2.24, 2.45) is 0 Å². The first-order chi connectivity index (χ1) is 12.8. The fourth-order valence-corrected chi connectivity index (χ4v) is 4.73. The molecule has 3 aromatic carbocycles. The van der Waals surface area contributed by atoms with Gasteiger partial charge < -0.3 is 0 Å². The van der Waals surface area contributed by atoms with E-state index in [0.29, 0.717) is 29.9 Å². The summed E-state index contributed by atoms with van der Waals surface area (Å²) in [5.74, 6) is 17.6. The molecular weight excluding hydrogens is 446 g/mol. The van der Waals surface area contributed by atoms with Gasteiger partial charge in [-0.25, -0.2) is 0 Å². The summed E-state index contributed by atoms with van der Waals surface area (Å²) in [6, 6.07) is 25.0. The summed E-state index contributed by atoms with van der Waals surface area (Å²) in [4.78, 5) is 0. The van der Waals surface area contributed by atoms with Gasteiger partial charge in [-0.3, -0.25) is 0 Å². The van der Waals surface area contributed by atoms with Crippen molar-refractivity contribution in [2.45, 2.75) is 11.6 Å². The predicted molar refractivity (Wildman–Crippen MR) is 114 cm³/mol.